The smallest absolute Gasteiger partial charge is 0.320 e. The third-order valence-corrected chi connectivity index (χ3v) is 5.10. The van der Waals surface area contributed by atoms with Crippen LogP contribution in [0.1, 0.15) is 42.4 Å². The Morgan fingerprint density at radius 2 is 2.07 bits per heavy atom. The fourth-order valence-electron chi connectivity index (χ4n) is 3.82. The van der Waals surface area contributed by atoms with Crippen molar-refractivity contribution < 1.29 is 13.5 Å². The number of para-hydroxylation sites is 3. The second-order valence-electron chi connectivity index (χ2n) is 6.91. The zero-order valence-electron chi connectivity index (χ0n) is 15.3. The summed E-state index contributed by atoms with van der Waals surface area (Å²) in [5.74, 6) is 1.36. The van der Waals surface area contributed by atoms with Gasteiger partial charge >= 0.3 is 6.55 Å². The summed E-state index contributed by atoms with van der Waals surface area (Å²) in [6.45, 7) is 0.736. The molecule has 0 amide bonds. The molecule has 27 heavy (non-hydrogen) atoms. The van der Waals surface area contributed by atoms with Gasteiger partial charge in [-0.3, -0.25) is 4.57 Å². The average Bonchev–Trinajstić information content (AvgIpc) is 2.90. The maximum absolute atomic E-state index is 13.6. The Kier molecular flexibility index (Phi) is 5.07. The molecule has 1 aliphatic rings. The predicted octanol–water partition coefficient (Wildman–Crippen LogP) is 4.79. The summed E-state index contributed by atoms with van der Waals surface area (Å²) in [5.41, 5.74) is 3.36. The van der Waals surface area contributed by atoms with Crippen molar-refractivity contribution in [1.82, 2.24) is 14.9 Å². The highest BCUT2D eigenvalue weighted by molar-refractivity contribution is 5.76. The summed E-state index contributed by atoms with van der Waals surface area (Å²) in [5, 5.41) is 3.53. The van der Waals surface area contributed by atoms with E-state index in [1.807, 2.05) is 25.1 Å². The molecule has 2 aromatic carbocycles. The van der Waals surface area contributed by atoms with E-state index in [1.165, 1.54) is 0 Å². The number of rotatable bonds is 5. The first kappa shape index (κ1) is 17.9. The molecule has 1 aromatic heterocycles. The van der Waals surface area contributed by atoms with E-state index in [0.717, 1.165) is 34.3 Å². The summed E-state index contributed by atoms with van der Waals surface area (Å²) >= 11 is 0. The number of hydrogen-bond acceptors (Lipinski definition) is 3. The number of imidazole rings is 1. The molecule has 2 heterocycles. The van der Waals surface area contributed by atoms with Crippen LogP contribution in [-0.2, 0) is 6.42 Å². The third-order valence-electron chi connectivity index (χ3n) is 5.10. The molecule has 6 heteroatoms. The van der Waals surface area contributed by atoms with Gasteiger partial charge in [-0.2, -0.15) is 8.78 Å². The van der Waals surface area contributed by atoms with Crippen molar-refractivity contribution in [2.24, 2.45) is 0 Å². The van der Waals surface area contributed by atoms with Crippen molar-refractivity contribution in [2.45, 2.75) is 38.8 Å². The molecule has 1 aliphatic heterocycles. The van der Waals surface area contributed by atoms with Crippen LogP contribution in [0.25, 0.3) is 11.0 Å². The number of ether oxygens (including phenoxy) is 1. The van der Waals surface area contributed by atoms with Crippen LogP contribution < -0.4 is 10.1 Å². The molecule has 1 unspecified atom stereocenters. The molecule has 0 saturated carbocycles. The number of alkyl halides is 2. The van der Waals surface area contributed by atoms with E-state index >= 15 is 0 Å². The van der Waals surface area contributed by atoms with Crippen molar-refractivity contribution in [1.29, 1.82) is 0 Å². The quantitative estimate of drug-likeness (QED) is 0.701. The normalized spacial score (nSPS) is 17.0. The molecule has 0 spiro atoms. The number of nitrogens with zero attached hydrogens (tertiary/aromatic N) is 2. The minimum absolute atomic E-state index is 0.159. The van der Waals surface area contributed by atoms with Crippen LogP contribution >= 0.6 is 0 Å². The fourth-order valence-corrected chi connectivity index (χ4v) is 3.82. The van der Waals surface area contributed by atoms with Gasteiger partial charge in [0.25, 0.3) is 0 Å². The zero-order chi connectivity index (χ0) is 18.8. The van der Waals surface area contributed by atoms with Crippen molar-refractivity contribution in [3.63, 3.8) is 0 Å². The maximum Gasteiger partial charge on any atom is 0.320 e. The highest BCUT2D eigenvalue weighted by atomic mass is 19.3. The molecule has 0 saturated heterocycles. The number of nitrogens with one attached hydrogen (secondary N) is 1. The number of fused-ring (bicyclic) bond motifs is 2. The first-order valence-electron chi connectivity index (χ1n) is 9.35. The molecule has 4 rings (SSSR count). The fraction of sp³-hybridized carbons (Fsp3) is 0.381. The number of benzene rings is 2. The van der Waals surface area contributed by atoms with Crippen LogP contribution in [0, 0.1) is 6.92 Å². The number of halogens is 2. The first-order chi connectivity index (χ1) is 13.1. The van der Waals surface area contributed by atoms with Crippen molar-refractivity contribution >= 4 is 11.0 Å². The molecular formula is C21H23F2N3O. The molecular weight excluding hydrogens is 348 g/mol. The van der Waals surface area contributed by atoms with Crippen molar-refractivity contribution in [3.8, 4) is 5.75 Å². The minimum atomic E-state index is -2.60. The van der Waals surface area contributed by atoms with Crippen LogP contribution in [0.15, 0.2) is 42.5 Å². The predicted molar refractivity (Wildman–Crippen MR) is 101 cm³/mol. The monoisotopic (exact) mass is 371 g/mol. The van der Waals surface area contributed by atoms with Gasteiger partial charge in [-0.15, -0.1) is 0 Å². The van der Waals surface area contributed by atoms with E-state index in [-0.39, 0.29) is 6.04 Å². The lowest BCUT2D eigenvalue weighted by atomic mass is 10.00. The van der Waals surface area contributed by atoms with Gasteiger partial charge in [0.05, 0.1) is 17.6 Å². The van der Waals surface area contributed by atoms with Crippen LogP contribution in [-0.4, -0.2) is 22.7 Å². The summed E-state index contributed by atoms with van der Waals surface area (Å²) < 4.78 is 34.1. The topological polar surface area (TPSA) is 39.1 Å². The molecule has 4 nitrogen and oxygen atoms in total. The summed E-state index contributed by atoms with van der Waals surface area (Å²) in [6.07, 6.45) is 2.36. The van der Waals surface area contributed by atoms with Gasteiger partial charge in [0.15, 0.2) is 0 Å². The second-order valence-corrected chi connectivity index (χ2v) is 6.91. The van der Waals surface area contributed by atoms with Gasteiger partial charge < -0.3 is 10.1 Å². The Balaban J connectivity index is 1.52. The van der Waals surface area contributed by atoms with E-state index in [1.54, 1.807) is 18.2 Å². The second kappa shape index (κ2) is 7.64. The van der Waals surface area contributed by atoms with E-state index < -0.39 is 6.55 Å². The number of hydrogen-bond donors (Lipinski definition) is 1. The van der Waals surface area contributed by atoms with E-state index in [0.29, 0.717) is 36.4 Å². The van der Waals surface area contributed by atoms with Gasteiger partial charge in [-0.25, -0.2) is 4.98 Å². The van der Waals surface area contributed by atoms with Gasteiger partial charge in [0, 0.05) is 24.6 Å². The standard InChI is InChI=1S/C21H23F2N3O/c1-14-6-4-7-15-16(9-5-13-27-20(14)15)24-12-11-19-25-17-8-2-3-10-18(17)26(19)21(22)23/h2-4,6-8,10,16,21,24H,5,9,11-13H2,1H3. The Hall–Kier alpha value is -2.47. The number of aromatic nitrogens is 2. The van der Waals surface area contributed by atoms with Gasteiger partial charge in [0.1, 0.15) is 11.6 Å². The Morgan fingerprint density at radius 3 is 2.93 bits per heavy atom. The van der Waals surface area contributed by atoms with Crippen LogP contribution in [0.5, 0.6) is 5.75 Å². The summed E-state index contributed by atoms with van der Waals surface area (Å²) in [6, 6.07) is 13.4. The average molecular weight is 371 g/mol. The lowest BCUT2D eigenvalue weighted by Crippen LogP contribution is -2.24. The van der Waals surface area contributed by atoms with E-state index in [9.17, 15) is 8.78 Å². The summed E-state index contributed by atoms with van der Waals surface area (Å²) in [7, 11) is 0. The lowest BCUT2D eigenvalue weighted by Gasteiger charge is -2.19. The number of aryl methyl sites for hydroxylation is 1. The largest absolute Gasteiger partial charge is 0.493 e. The SMILES string of the molecule is Cc1cccc2c1OCCCC2NCCc1nc2ccccc2n1C(F)F. The molecule has 0 aliphatic carbocycles. The minimum Gasteiger partial charge on any atom is -0.493 e. The van der Waals surface area contributed by atoms with Crippen LogP contribution in [0.3, 0.4) is 0 Å². The summed E-state index contributed by atoms with van der Waals surface area (Å²) in [4.78, 5) is 4.41. The molecule has 1 N–H and O–H groups in total. The van der Waals surface area contributed by atoms with E-state index in [4.69, 9.17) is 4.74 Å². The van der Waals surface area contributed by atoms with Gasteiger partial charge in [0.2, 0.25) is 0 Å². The van der Waals surface area contributed by atoms with Crippen molar-refractivity contribution in [3.05, 3.63) is 59.4 Å². The third kappa shape index (κ3) is 3.54. The van der Waals surface area contributed by atoms with Gasteiger partial charge in [-0.1, -0.05) is 30.3 Å². The van der Waals surface area contributed by atoms with Crippen LogP contribution in [0.4, 0.5) is 8.78 Å². The lowest BCUT2D eigenvalue weighted by molar-refractivity contribution is 0.0714. The van der Waals surface area contributed by atoms with Crippen molar-refractivity contribution in [2.75, 3.05) is 13.2 Å². The molecule has 0 bridgehead atoms. The first-order valence-corrected chi connectivity index (χ1v) is 9.35. The Bertz CT molecular complexity index is 938. The molecule has 142 valence electrons. The Morgan fingerprint density at radius 1 is 1.22 bits per heavy atom. The molecule has 0 fully saturated rings. The molecule has 1 atom stereocenters. The highest BCUT2D eigenvalue weighted by Gasteiger charge is 2.21. The van der Waals surface area contributed by atoms with Crippen LogP contribution in [0.2, 0.25) is 0 Å². The van der Waals surface area contributed by atoms with E-state index in [2.05, 4.69) is 16.4 Å². The van der Waals surface area contributed by atoms with Gasteiger partial charge in [-0.05, 0) is 37.5 Å². The Labute approximate surface area is 157 Å². The maximum atomic E-state index is 13.6. The highest BCUT2D eigenvalue weighted by Crippen LogP contribution is 2.34. The molecule has 0 radical (unpaired) electrons. The molecule has 3 aromatic rings. The zero-order valence-corrected chi connectivity index (χ0v) is 15.3.